The maximum absolute atomic E-state index is 4.73. The molecule has 0 aliphatic heterocycles. The van der Waals surface area contributed by atoms with Crippen molar-refractivity contribution >= 4 is 42.4 Å². The third-order valence-electron chi connectivity index (χ3n) is 3.58. The normalized spacial score (nSPS) is 10.1. The van der Waals surface area contributed by atoms with Crippen LogP contribution in [0.4, 0.5) is 0 Å². The number of aryl methyl sites for hydroxylation is 2. The van der Waals surface area contributed by atoms with Crippen molar-refractivity contribution in [2.24, 2.45) is 0 Å². The van der Waals surface area contributed by atoms with Crippen molar-refractivity contribution in [2.45, 2.75) is 19.5 Å². The summed E-state index contributed by atoms with van der Waals surface area (Å²) in [6, 6.07) is 16.0. The molecular formula is C15H16Cl2Co2N7. The number of nitrogens with two attached hydrogens (primary N) is 1. The zero-order valence-electron chi connectivity index (χ0n) is 13.4. The number of aromatic nitrogens is 6. The number of benzene rings is 2. The largest absolute Gasteiger partial charge is 0.693 e. The molecule has 0 spiro atoms. The van der Waals surface area contributed by atoms with Crippen LogP contribution < -0.4 is 0 Å². The van der Waals surface area contributed by atoms with Crippen LogP contribution in [0.25, 0.3) is 28.2 Å². The Morgan fingerprint density at radius 3 is 1.58 bits per heavy atom. The monoisotopic (exact) mass is 482 g/mol. The van der Waals surface area contributed by atoms with Gasteiger partial charge in [-0.15, -0.1) is 10.2 Å². The summed E-state index contributed by atoms with van der Waals surface area (Å²) in [5.74, 6) is 0. The van der Waals surface area contributed by atoms with Crippen molar-refractivity contribution in [3.8, 4) is 0 Å². The summed E-state index contributed by atoms with van der Waals surface area (Å²) in [6.07, 6.45) is 0.931. The molecule has 1 radical (unpaired) electrons. The minimum atomic E-state index is 0. The summed E-state index contributed by atoms with van der Waals surface area (Å²) < 4.78 is 3.88. The quantitative estimate of drug-likeness (QED) is 0.431. The SMILES string of the molecule is [Cl][Co+][Cl].[Co].[NH2-].c1ccc2c(c1)nnn2CCCn1nnc2ccccc21. The van der Waals surface area contributed by atoms with Crippen molar-refractivity contribution < 1.29 is 29.7 Å². The third kappa shape index (κ3) is 5.40. The van der Waals surface area contributed by atoms with Gasteiger partial charge in [-0.05, 0) is 30.7 Å². The fraction of sp³-hybridized carbons (Fsp3) is 0.200. The van der Waals surface area contributed by atoms with E-state index in [1.807, 2.05) is 57.9 Å². The van der Waals surface area contributed by atoms with E-state index in [9.17, 15) is 0 Å². The van der Waals surface area contributed by atoms with Gasteiger partial charge < -0.3 is 6.15 Å². The van der Waals surface area contributed by atoms with Gasteiger partial charge in [-0.1, -0.05) is 34.7 Å². The van der Waals surface area contributed by atoms with Crippen molar-refractivity contribution in [1.29, 1.82) is 0 Å². The van der Waals surface area contributed by atoms with Gasteiger partial charge in [0.15, 0.2) is 0 Å². The van der Waals surface area contributed by atoms with E-state index in [1.54, 1.807) is 0 Å². The molecule has 0 fully saturated rings. The van der Waals surface area contributed by atoms with Crippen LogP contribution in [0, 0.1) is 0 Å². The first-order chi connectivity index (χ1) is 11.8. The van der Waals surface area contributed by atoms with Crippen LogP contribution >= 0.6 is 20.3 Å². The molecule has 0 unspecified atom stereocenters. The number of hydrogen-bond acceptors (Lipinski definition) is 4. The average Bonchev–Trinajstić information content (AvgIpc) is 3.21. The fourth-order valence-electron chi connectivity index (χ4n) is 2.54. The van der Waals surface area contributed by atoms with Gasteiger partial charge in [-0.3, -0.25) is 0 Å². The van der Waals surface area contributed by atoms with Gasteiger partial charge in [0, 0.05) is 29.9 Å². The van der Waals surface area contributed by atoms with Crippen LogP contribution in [0.2, 0.25) is 0 Å². The second kappa shape index (κ2) is 11.5. The van der Waals surface area contributed by atoms with Gasteiger partial charge in [-0.25, -0.2) is 9.36 Å². The molecule has 0 aliphatic rings. The number of rotatable bonds is 4. The molecular weight excluding hydrogens is 467 g/mol. The van der Waals surface area contributed by atoms with E-state index in [4.69, 9.17) is 20.3 Å². The van der Waals surface area contributed by atoms with Gasteiger partial charge in [0.2, 0.25) is 0 Å². The van der Waals surface area contributed by atoms with Crippen molar-refractivity contribution in [1.82, 2.24) is 30.0 Å². The topological polar surface area (TPSA) is 94.9 Å². The number of halogens is 2. The second-order valence-electron chi connectivity index (χ2n) is 5.00. The molecule has 7 nitrogen and oxygen atoms in total. The maximum Gasteiger partial charge on any atom is 0.113 e. The number of nitrogens with zero attached hydrogens (tertiary/aromatic N) is 6. The molecule has 0 saturated carbocycles. The first-order valence-corrected chi connectivity index (χ1v) is 10.1. The molecule has 0 saturated heterocycles. The maximum atomic E-state index is 4.73. The molecule has 0 amide bonds. The van der Waals surface area contributed by atoms with E-state index in [2.05, 4.69) is 20.6 Å². The minimum absolute atomic E-state index is 0. The molecule has 4 rings (SSSR count). The molecule has 0 atom stereocenters. The molecule has 26 heavy (non-hydrogen) atoms. The summed E-state index contributed by atoms with van der Waals surface area (Å²) in [7, 11) is 9.47. The summed E-state index contributed by atoms with van der Waals surface area (Å²) in [4.78, 5) is 0. The Balaban J connectivity index is 0.000000635. The Labute approximate surface area is 175 Å². The number of fused-ring (bicyclic) bond motifs is 2. The molecule has 0 aliphatic carbocycles. The van der Waals surface area contributed by atoms with E-state index in [-0.39, 0.29) is 22.9 Å². The molecule has 11 heteroatoms. The zero-order valence-corrected chi connectivity index (χ0v) is 17.0. The Morgan fingerprint density at radius 1 is 0.769 bits per heavy atom. The van der Waals surface area contributed by atoms with E-state index < -0.39 is 0 Å². The van der Waals surface area contributed by atoms with Gasteiger partial charge >= 0.3 is 33.2 Å². The van der Waals surface area contributed by atoms with E-state index >= 15 is 0 Å². The van der Waals surface area contributed by atoms with Gasteiger partial charge in [0.1, 0.15) is 11.0 Å². The van der Waals surface area contributed by atoms with Crippen molar-refractivity contribution in [3.05, 3.63) is 54.7 Å². The Hall–Kier alpha value is -1.21. The third-order valence-corrected chi connectivity index (χ3v) is 3.58. The predicted molar refractivity (Wildman–Crippen MR) is 96.7 cm³/mol. The summed E-state index contributed by atoms with van der Waals surface area (Å²) in [6.45, 7) is 1.63. The standard InChI is InChI=1S/C15H14N6.2ClH.2Co.H2N/c1-3-8-14-12(6-1)16-18-20(14)10-5-11-21-15-9-4-2-7-13(15)17-19-21;;;;;/h1-4,6-9H,5,10-11H2;2*1H;;;1H2/q;;;;+3;-1/p-2. The van der Waals surface area contributed by atoms with Gasteiger partial charge in [-0.2, -0.15) is 0 Å². The van der Waals surface area contributed by atoms with Gasteiger partial charge in [0.05, 0.1) is 11.0 Å². The van der Waals surface area contributed by atoms with Crippen LogP contribution in [-0.4, -0.2) is 30.0 Å². The summed E-state index contributed by atoms with van der Waals surface area (Å²) in [5.41, 5.74) is 4.01. The average molecular weight is 483 g/mol. The molecule has 143 valence electrons. The first-order valence-electron chi connectivity index (χ1n) is 7.23. The zero-order chi connectivity index (χ0) is 16.8. The van der Waals surface area contributed by atoms with Crippen LogP contribution in [0.15, 0.2) is 48.5 Å². The van der Waals surface area contributed by atoms with Crippen LogP contribution in [0.1, 0.15) is 6.42 Å². The first kappa shape index (κ1) is 22.8. The minimum Gasteiger partial charge on any atom is -0.693 e. The summed E-state index contributed by atoms with van der Waals surface area (Å²) >= 11 is 0.382. The molecule has 2 heterocycles. The van der Waals surface area contributed by atoms with E-state index in [0.29, 0.717) is 12.9 Å². The van der Waals surface area contributed by atoms with Crippen molar-refractivity contribution in [2.75, 3.05) is 0 Å². The Bertz CT molecular complexity index is 854. The second-order valence-corrected chi connectivity index (χ2v) is 6.72. The predicted octanol–water partition coefficient (Wildman–Crippen LogP) is 4.36. The number of para-hydroxylation sites is 2. The smallest absolute Gasteiger partial charge is 0.113 e. The van der Waals surface area contributed by atoms with Crippen LogP contribution in [0.5, 0.6) is 0 Å². The molecule has 0 bridgehead atoms. The van der Waals surface area contributed by atoms with E-state index in [0.717, 1.165) is 41.6 Å². The summed E-state index contributed by atoms with van der Waals surface area (Å²) in [5, 5.41) is 16.7. The molecule has 2 aromatic carbocycles. The molecule has 2 aromatic heterocycles. The Morgan fingerprint density at radius 2 is 1.15 bits per heavy atom. The van der Waals surface area contributed by atoms with Crippen molar-refractivity contribution in [3.63, 3.8) is 0 Å². The van der Waals surface area contributed by atoms with Crippen LogP contribution in [0.3, 0.4) is 0 Å². The number of hydrogen-bond donors (Lipinski definition) is 0. The van der Waals surface area contributed by atoms with E-state index in [1.165, 1.54) is 0 Å². The molecule has 2 N–H and O–H groups in total. The van der Waals surface area contributed by atoms with Gasteiger partial charge in [0.25, 0.3) is 0 Å². The Kier molecular flexibility index (Phi) is 10.1. The molecule has 4 aromatic rings. The fourth-order valence-corrected chi connectivity index (χ4v) is 2.54. The van der Waals surface area contributed by atoms with Crippen LogP contribution in [-0.2, 0) is 42.8 Å².